The molecular formula is C26H28N2O5. The normalized spacial score (nSPS) is 21.5. The van der Waals surface area contributed by atoms with E-state index in [4.69, 9.17) is 4.74 Å². The van der Waals surface area contributed by atoms with Gasteiger partial charge in [0, 0.05) is 24.4 Å². The molecule has 2 N–H and O–H groups in total. The fraction of sp³-hybridized carbons (Fsp3) is 0.423. The predicted molar refractivity (Wildman–Crippen MR) is 122 cm³/mol. The van der Waals surface area contributed by atoms with E-state index in [1.807, 2.05) is 24.3 Å². The minimum atomic E-state index is -0.982. The lowest BCUT2D eigenvalue weighted by Gasteiger charge is -2.26. The molecule has 33 heavy (non-hydrogen) atoms. The number of hydrogen-bond donors (Lipinski definition) is 2. The molecule has 0 aromatic heterocycles. The summed E-state index contributed by atoms with van der Waals surface area (Å²) in [4.78, 5) is 38.1. The lowest BCUT2D eigenvalue weighted by Crippen LogP contribution is -2.46. The van der Waals surface area contributed by atoms with E-state index >= 15 is 0 Å². The lowest BCUT2D eigenvalue weighted by atomic mass is 9.98. The van der Waals surface area contributed by atoms with Crippen molar-refractivity contribution >= 4 is 18.0 Å². The van der Waals surface area contributed by atoms with E-state index in [1.165, 1.54) is 16.0 Å². The number of fused-ring (bicyclic) bond motifs is 3. The number of nitrogens with zero attached hydrogens (tertiary/aromatic N) is 1. The molecule has 7 nitrogen and oxygen atoms in total. The molecule has 3 unspecified atom stereocenters. The number of carboxylic acid groups (broad SMARTS) is 1. The number of alkyl carbamates (subject to hydrolysis) is 1. The summed E-state index contributed by atoms with van der Waals surface area (Å²) in [6.07, 6.45) is 1.89. The zero-order valence-corrected chi connectivity index (χ0v) is 18.6. The van der Waals surface area contributed by atoms with E-state index in [9.17, 15) is 19.5 Å². The summed E-state index contributed by atoms with van der Waals surface area (Å²) in [5.41, 5.74) is 4.67. The topological polar surface area (TPSA) is 95.9 Å². The van der Waals surface area contributed by atoms with Gasteiger partial charge in [-0.15, -0.1) is 0 Å². The Morgan fingerprint density at radius 1 is 1.06 bits per heavy atom. The Balaban J connectivity index is 1.13. The fourth-order valence-corrected chi connectivity index (χ4v) is 4.99. The van der Waals surface area contributed by atoms with Gasteiger partial charge in [-0.3, -0.25) is 4.79 Å². The molecule has 3 atom stereocenters. The summed E-state index contributed by atoms with van der Waals surface area (Å²) in [6.45, 7) is 2.16. The number of benzene rings is 2. The summed E-state index contributed by atoms with van der Waals surface area (Å²) >= 11 is 0. The number of amides is 2. The molecule has 0 radical (unpaired) electrons. The molecule has 7 heteroatoms. The van der Waals surface area contributed by atoms with E-state index in [2.05, 4.69) is 29.6 Å². The van der Waals surface area contributed by atoms with Crippen LogP contribution < -0.4 is 5.32 Å². The molecule has 0 aliphatic heterocycles. The monoisotopic (exact) mass is 448 g/mol. The van der Waals surface area contributed by atoms with Crippen molar-refractivity contribution in [2.45, 2.75) is 44.2 Å². The van der Waals surface area contributed by atoms with Crippen LogP contribution in [-0.4, -0.2) is 53.2 Å². The summed E-state index contributed by atoms with van der Waals surface area (Å²) in [5, 5.41) is 12.1. The largest absolute Gasteiger partial charge is 0.480 e. The SMILES string of the molecule is CC(C(=O)O)N(C(=O)C1CC1CNC(=O)OCC1c2ccccc2-c2ccccc21)C1CC1. The quantitative estimate of drug-likeness (QED) is 0.643. The third-order valence-electron chi connectivity index (χ3n) is 7.06. The van der Waals surface area contributed by atoms with Crippen LogP contribution in [0, 0.1) is 11.8 Å². The maximum absolute atomic E-state index is 12.8. The van der Waals surface area contributed by atoms with E-state index < -0.39 is 18.1 Å². The molecular weight excluding hydrogens is 420 g/mol. The standard InChI is InChI=1S/C26H28N2O5/c1-15(25(30)31)28(17-10-11-17)24(29)22-12-16(22)13-27-26(32)33-14-23-20-8-4-2-6-18(20)19-7-3-5-9-21(19)23/h2-9,15-17,22-23H,10-14H2,1H3,(H,27,32)(H,30,31). The van der Waals surface area contributed by atoms with Crippen LogP contribution in [0.25, 0.3) is 11.1 Å². The van der Waals surface area contributed by atoms with Crippen molar-refractivity contribution in [3.63, 3.8) is 0 Å². The molecule has 2 fully saturated rings. The molecule has 0 bridgehead atoms. The number of ether oxygens (including phenoxy) is 1. The molecule has 172 valence electrons. The molecule has 2 aromatic carbocycles. The molecule has 0 saturated heterocycles. The van der Waals surface area contributed by atoms with Crippen LogP contribution >= 0.6 is 0 Å². The first kappa shape index (κ1) is 21.5. The summed E-state index contributed by atoms with van der Waals surface area (Å²) in [6, 6.07) is 15.6. The second-order valence-corrected chi connectivity index (χ2v) is 9.30. The van der Waals surface area contributed by atoms with Crippen molar-refractivity contribution in [3.05, 3.63) is 59.7 Å². The van der Waals surface area contributed by atoms with Crippen molar-refractivity contribution in [3.8, 4) is 11.1 Å². The van der Waals surface area contributed by atoms with Gasteiger partial charge < -0.3 is 20.1 Å². The Morgan fingerprint density at radius 2 is 1.67 bits per heavy atom. The average molecular weight is 449 g/mol. The second kappa shape index (κ2) is 8.54. The number of nitrogens with one attached hydrogen (secondary N) is 1. The Kier molecular flexibility index (Phi) is 5.56. The van der Waals surface area contributed by atoms with E-state index in [0.717, 1.165) is 24.0 Å². The average Bonchev–Trinajstić information content (AvgIpc) is 3.74. The highest BCUT2D eigenvalue weighted by Crippen LogP contribution is 2.45. The van der Waals surface area contributed by atoms with Crippen LogP contribution in [0.4, 0.5) is 4.79 Å². The Morgan fingerprint density at radius 3 is 2.24 bits per heavy atom. The van der Waals surface area contributed by atoms with Crippen LogP contribution in [0.15, 0.2) is 48.5 Å². The number of rotatable bonds is 8. The van der Waals surface area contributed by atoms with Gasteiger partial charge in [-0.05, 0) is 54.4 Å². The highest BCUT2D eigenvalue weighted by Gasteiger charge is 2.49. The maximum Gasteiger partial charge on any atom is 0.407 e. The van der Waals surface area contributed by atoms with Gasteiger partial charge in [0.05, 0.1) is 0 Å². The fourth-order valence-electron chi connectivity index (χ4n) is 4.99. The van der Waals surface area contributed by atoms with E-state index in [0.29, 0.717) is 13.0 Å². The molecule has 5 rings (SSSR count). The van der Waals surface area contributed by atoms with Crippen LogP contribution in [-0.2, 0) is 14.3 Å². The van der Waals surface area contributed by atoms with Gasteiger partial charge in [-0.2, -0.15) is 0 Å². The van der Waals surface area contributed by atoms with Crippen molar-refractivity contribution in [1.29, 1.82) is 0 Å². The van der Waals surface area contributed by atoms with Gasteiger partial charge in [0.1, 0.15) is 12.6 Å². The number of aliphatic carboxylic acids is 1. The molecule has 3 aliphatic carbocycles. The summed E-state index contributed by atoms with van der Waals surface area (Å²) < 4.78 is 5.56. The number of carbonyl (C=O) groups is 3. The summed E-state index contributed by atoms with van der Waals surface area (Å²) in [5.74, 6) is -1.28. The van der Waals surface area contributed by atoms with Crippen molar-refractivity contribution in [2.75, 3.05) is 13.2 Å². The lowest BCUT2D eigenvalue weighted by molar-refractivity contribution is -0.150. The van der Waals surface area contributed by atoms with Crippen LogP contribution in [0.3, 0.4) is 0 Å². The maximum atomic E-state index is 12.8. The first-order valence-electron chi connectivity index (χ1n) is 11.6. The molecule has 0 spiro atoms. The Labute approximate surface area is 192 Å². The van der Waals surface area contributed by atoms with Crippen LogP contribution in [0.1, 0.15) is 43.2 Å². The van der Waals surface area contributed by atoms with Crippen LogP contribution in [0.2, 0.25) is 0 Å². The van der Waals surface area contributed by atoms with Gasteiger partial charge in [-0.1, -0.05) is 48.5 Å². The number of hydrogen-bond acceptors (Lipinski definition) is 4. The van der Waals surface area contributed by atoms with Crippen molar-refractivity contribution in [1.82, 2.24) is 10.2 Å². The molecule has 2 aromatic rings. The Bertz CT molecular complexity index is 1050. The third kappa shape index (κ3) is 4.19. The first-order chi connectivity index (χ1) is 16.0. The van der Waals surface area contributed by atoms with Crippen molar-refractivity contribution < 1.29 is 24.2 Å². The zero-order valence-electron chi connectivity index (χ0n) is 18.6. The summed E-state index contributed by atoms with van der Waals surface area (Å²) in [7, 11) is 0. The van der Waals surface area contributed by atoms with Crippen molar-refractivity contribution in [2.24, 2.45) is 11.8 Å². The second-order valence-electron chi connectivity index (χ2n) is 9.30. The number of carbonyl (C=O) groups excluding carboxylic acids is 2. The first-order valence-corrected chi connectivity index (χ1v) is 11.6. The molecule has 3 aliphatic rings. The predicted octanol–water partition coefficient (Wildman–Crippen LogP) is 3.63. The highest BCUT2D eigenvalue weighted by molar-refractivity contribution is 5.87. The van der Waals surface area contributed by atoms with E-state index in [1.54, 1.807) is 6.92 Å². The van der Waals surface area contributed by atoms with Gasteiger partial charge in [0.2, 0.25) is 5.91 Å². The zero-order chi connectivity index (χ0) is 23.1. The van der Waals surface area contributed by atoms with E-state index in [-0.39, 0.29) is 36.3 Å². The van der Waals surface area contributed by atoms with Gasteiger partial charge in [-0.25, -0.2) is 9.59 Å². The molecule has 2 saturated carbocycles. The Hall–Kier alpha value is -3.35. The smallest absolute Gasteiger partial charge is 0.407 e. The van der Waals surface area contributed by atoms with Crippen LogP contribution in [0.5, 0.6) is 0 Å². The van der Waals surface area contributed by atoms with Gasteiger partial charge >= 0.3 is 12.1 Å². The van der Waals surface area contributed by atoms with Gasteiger partial charge in [0.15, 0.2) is 0 Å². The minimum Gasteiger partial charge on any atom is -0.480 e. The molecule has 0 heterocycles. The third-order valence-corrected chi connectivity index (χ3v) is 7.06. The molecule has 2 amide bonds. The van der Waals surface area contributed by atoms with Gasteiger partial charge in [0.25, 0.3) is 0 Å². The number of carboxylic acids is 1. The minimum absolute atomic E-state index is 0.00278. The highest BCUT2D eigenvalue weighted by atomic mass is 16.5.